The SMILES string of the molecule is CCCNc1nc(SC(C)C)nc2c1cnn2CCNC(=O)Cc1ccccc1. The van der Waals surface area contributed by atoms with Crippen molar-refractivity contribution in [2.75, 3.05) is 18.4 Å². The van der Waals surface area contributed by atoms with Crippen molar-refractivity contribution in [3.63, 3.8) is 0 Å². The highest BCUT2D eigenvalue weighted by Gasteiger charge is 2.14. The Kier molecular flexibility index (Phi) is 7.46. The fourth-order valence-corrected chi connectivity index (χ4v) is 3.59. The number of nitrogens with zero attached hydrogens (tertiary/aromatic N) is 4. The molecule has 0 fully saturated rings. The van der Waals surface area contributed by atoms with Crippen molar-refractivity contribution >= 4 is 34.5 Å². The summed E-state index contributed by atoms with van der Waals surface area (Å²) in [6, 6.07) is 9.73. The fourth-order valence-electron chi connectivity index (χ4n) is 2.89. The van der Waals surface area contributed by atoms with E-state index in [1.807, 2.05) is 35.0 Å². The number of nitrogens with one attached hydrogen (secondary N) is 2. The van der Waals surface area contributed by atoms with Crippen molar-refractivity contribution in [2.45, 2.75) is 50.6 Å². The number of benzene rings is 1. The molecule has 0 aliphatic rings. The highest BCUT2D eigenvalue weighted by atomic mass is 32.2. The highest BCUT2D eigenvalue weighted by Crippen LogP contribution is 2.26. The number of anilines is 1. The summed E-state index contributed by atoms with van der Waals surface area (Å²) in [5.41, 5.74) is 1.79. The normalized spacial score (nSPS) is 11.2. The predicted molar refractivity (Wildman–Crippen MR) is 118 cm³/mol. The number of aromatic nitrogens is 4. The molecular weight excluding hydrogens is 384 g/mol. The molecule has 1 amide bonds. The van der Waals surface area contributed by atoms with Crippen molar-refractivity contribution in [3.8, 4) is 0 Å². The lowest BCUT2D eigenvalue weighted by atomic mass is 10.1. The third-order valence-corrected chi connectivity index (χ3v) is 5.08. The van der Waals surface area contributed by atoms with Crippen molar-refractivity contribution in [2.24, 2.45) is 0 Å². The Morgan fingerprint density at radius 2 is 1.97 bits per heavy atom. The van der Waals surface area contributed by atoms with Gasteiger partial charge in [-0.25, -0.2) is 14.6 Å². The van der Waals surface area contributed by atoms with Gasteiger partial charge in [0.15, 0.2) is 10.8 Å². The molecular formula is C21H28N6OS. The molecule has 0 saturated carbocycles. The molecule has 0 saturated heterocycles. The van der Waals surface area contributed by atoms with Crippen LogP contribution in [0.1, 0.15) is 32.8 Å². The van der Waals surface area contributed by atoms with Crippen LogP contribution in [0.2, 0.25) is 0 Å². The monoisotopic (exact) mass is 412 g/mol. The van der Waals surface area contributed by atoms with Gasteiger partial charge in [0.2, 0.25) is 5.91 Å². The standard InChI is InChI=1S/C21H28N6OS/c1-4-10-23-19-17-14-24-27(20(17)26-21(25-19)29-15(2)3)12-11-22-18(28)13-16-8-6-5-7-9-16/h5-9,14-15H,4,10-13H2,1-3H3,(H,22,28)(H,23,25,26). The van der Waals surface area contributed by atoms with Crippen LogP contribution >= 0.6 is 11.8 Å². The van der Waals surface area contributed by atoms with Crippen molar-refractivity contribution in [1.82, 2.24) is 25.1 Å². The lowest BCUT2D eigenvalue weighted by Gasteiger charge is -2.10. The summed E-state index contributed by atoms with van der Waals surface area (Å²) in [5.74, 6) is 0.822. The van der Waals surface area contributed by atoms with Crippen molar-refractivity contribution < 1.29 is 4.79 Å². The Labute approximate surface area is 175 Å². The summed E-state index contributed by atoms with van der Waals surface area (Å²) >= 11 is 1.63. The van der Waals surface area contributed by atoms with Gasteiger partial charge in [0.1, 0.15) is 5.82 Å². The van der Waals surface area contributed by atoms with E-state index in [-0.39, 0.29) is 5.91 Å². The number of hydrogen-bond acceptors (Lipinski definition) is 6. The van der Waals surface area contributed by atoms with E-state index in [9.17, 15) is 4.79 Å². The van der Waals surface area contributed by atoms with Gasteiger partial charge >= 0.3 is 0 Å². The number of carbonyl (C=O) groups excluding carboxylic acids is 1. The minimum Gasteiger partial charge on any atom is -0.369 e. The minimum atomic E-state index is 0.00337. The molecule has 0 spiro atoms. The number of carbonyl (C=O) groups is 1. The zero-order valence-corrected chi connectivity index (χ0v) is 18.0. The zero-order chi connectivity index (χ0) is 20.6. The largest absolute Gasteiger partial charge is 0.369 e. The summed E-state index contributed by atoms with van der Waals surface area (Å²) in [6.07, 6.45) is 3.19. The number of thioether (sulfide) groups is 1. The molecule has 2 N–H and O–H groups in total. The summed E-state index contributed by atoms with van der Waals surface area (Å²) in [7, 11) is 0. The molecule has 0 atom stereocenters. The molecule has 8 heteroatoms. The molecule has 3 rings (SSSR count). The maximum absolute atomic E-state index is 12.2. The molecule has 0 aliphatic heterocycles. The van der Waals surface area contributed by atoms with Crippen molar-refractivity contribution in [1.29, 1.82) is 0 Å². The van der Waals surface area contributed by atoms with Crippen LogP contribution in [-0.2, 0) is 17.8 Å². The maximum Gasteiger partial charge on any atom is 0.224 e. The number of amides is 1. The van der Waals surface area contributed by atoms with E-state index in [1.54, 1.807) is 18.0 Å². The highest BCUT2D eigenvalue weighted by molar-refractivity contribution is 7.99. The maximum atomic E-state index is 12.2. The zero-order valence-electron chi connectivity index (χ0n) is 17.2. The molecule has 2 aromatic heterocycles. The first kappa shape index (κ1) is 21.1. The molecule has 0 radical (unpaired) electrons. The second-order valence-corrected chi connectivity index (χ2v) is 8.61. The van der Waals surface area contributed by atoms with E-state index in [0.29, 0.717) is 24.8 Å². The Hall–Kier alpha value is -2.61. The van der Waals surface area contributed by atoms with Crippen LogP contribution in [0, 0.1) is 0 Å². The predicted octanol–water partition coefficient (Wildman–Crippen LogP) is 3.51. The van der Waals surface area contributed by atoms with E-state index in [4.69, 9.17) is 4.98 Å². The molecule has 154 valence electrons. The Morgan fingerprint density at radius 1 is 1.17 bits per heavy atom. The van der Waals surface area contributed by atoms with Gasteiger partial charge in [-0.1, -0.05) is 62.9 Å². The van der Waals surface area contributed by atoms with Gasteiger partial charge < -0.3 is 10.6 Å². The molecule has 0 unspecified atom stereocenters. The first-order valence-electron chi connectivity index (χ1n) is 10.0. The van der Waals surface area contributed by atoms with Crippen LogP contribution in [0.15, 0.2) is 41.7 Å². The summed E-state index contributed by atoms with van der Waals surface area (Å²) in [4.78, 5) is 21.5. The van der Waals surface area contributed by atoms with Crippen LogP contribution in [-0.4, -0.2) is 44.0 Å². The van der Waals surface area contributed by atoms with Crippen LogP contribution in [0.3, 0.4) is 0 Å². The van der Waals surface area contributed by atoms with Crippen LogP contribution in [0.5, 0.6) is 0 Å². The molecule has 0 aliphatic carbocycles. The van der Waals surface area contributed by atoms with Gasteiger partial charge in [-0.2, -0.15) is 5.10 Å². The molecule has 7 nitrogen and oxygen atoms in total. The smallest absolute Gasteiger partial charge is 0.224 e. The van der Waals surface area contributed by atoms with Gasteiger partial charge in [0.05, 0.1) is 24.5 Å². The van der Waals surface area contributed by atoms with E-state index >= 15 is 0 Å². The third kappa shape index (κ3) is 5.93. The Morgan fingerprint density at radius 3 is 2.69 bits per heavy atom. The number of rotatable bonds is 10. The van der Waals surface area contributed by atoms with Gasteiger partial charge in [-0.15, -0.1) is 0 Å². The molecule has 2 heterocycles. The Balaban J connectivity index is 1.69. The lowest BCUT2D eigenvalue weighted by molar-refractivity contribution is -0.120. The number of fused-ring (bicyclic) bond motifs is 1. The van der Waals surface area contributed by atoms with E-state index in [2.05, 4.69) is 41.5 Å². The molecule has 29 heavy (non-hydrogen) atoms. The molecule has 3 aromatic rings. The Bertz CT molecular complexity index is 941. The van der Waals surface area contributed by atoms with Gasteiger partial charge in [-0.3, -0.25) is 4.79 Å². The number of hydrogen-bond donors (Lipinski definition) is 2. The van der Waals surface area contributed by atoms with E-state index < -0.39 is 0 Å². The van der Waals surface area contributed by atoms with E-state index in [0.717, 1.165) is 40.5 Å². The van der Waals surface area contributed by atoms with Crippen LogP contribution in [0.4, 0.5) is 5.82 Å². The second-order valence-electron chi connectivity index (χ2n) is 7.07. The topological polar surface area (TPSA) is 84.7 Å². The minimum absolute atomic E-state index is 0.00337. The third-order valence-electron chi connectivity index (χ3n) is 4.21. The second kappa shape index (κ2) is 10.2. The summed E-state index contributed by atoms with van der Waals surface area (Å²) < 4.78 is 1.83. The average Bonchev–Trinajstić information content (AvgIpc) is 3.09. The van der Waals surface area contributed by atoms with Crippen molar-refractivity contribution in [3.05, 3.63) is 42.1 Å². The molecule has 0 bridgehead atoms. The first-order valence-corrected chi connectivity index (χ1v) is 10.9. The summed E-state index contributed by atoms with van der Waals surface area (Å²) in [5, 5.41) is 12.9. The van der Waals surface area contributed by atoms with Gasteiger partial charge in [-0.05, 0) is 12.0 Å². The summed E-state index contributed by atoms with van der Waals surface area (Å²) in [6.45, 7) is 8.26. The quantitative estimate of drug-likeness (QED) is 0.392. The first-order chi connectivity index (χ1) is 14.1. The van der Waals surface area contributed by atoms with Gasteiger partial charge in [0.25, 0.3) is 0 Å². The van der Waals surface area contributed by atoms with E-state index in [1.165, 1.54) is 0 Å². The fraction of sp³-hybridized carbons (Fsp3) is 0.429. The average molecular weight is 413 g/mol. The van der Waals surface area contributed by atoms with Gasteiger partial charge in [0, 0.05) is 18.3 Å². The lowest BCUT2D eigenvalue weighted by Crippen LogP contribution is -2.28. The van der Waals surface area contributed by atoms with Crippen LogP contribution in [0.25, 0.3) is 11.0 Å². The van der Waals surface area contributed by atoms with Crippen LogP contribution < -0.4 is 10.6 Å². The molecule has 1 aromatic carbocycles.